The number of aliphatic hydroxyl groups is 1. The molecule has 0 saturated heterocycles. The first kappa shape index (κ1) is 21.6. The molecule has 0 unspecified atom stereocenters. The number of halogens is 1. The molecule has 7 nitrogen and oxygen atoms in total. The Kier molecular flexibility index (Phi) is 5.02. The second kappa shape index (κ2) is 7.67. The van der Waals surface area contributed by atoms with Crippen LogP contribution in [0.3, 0.4) is 0 Å². The molecule has 1 aliphatic carbocycles. The first-order valence-corrected chi connectivity index (χ1v) is 11.1. The molecule has 2 bridgehead atoms. The number of nitrogens with zero attached hydrogens (tertiary/aromatic N) is 1. The van der Waals surface area contributed by atoms with E-state index < -0.39 is 34.8 Å². The van der Waals surface area contributed by atoms with E-state index in [1.165, 1.54) is 26.6 Å². The molecule has 33 heavy (non-hydrogen) atoms. The smallest absolute Gasteiger partial charge is 0.313 e. The lowest BCUT2D eigenvalue weighted by Crippen LogP contribution is -2.51. The molecule has 2 heterocycles. The number of ketones is 1. The van der Waals surface area contributed by atoms with Crippen LogP contribution in [0.25, 0.3) is 0 Å². The summed E-state index contributed by atoms with van der Waals surface area (Å²) in [6.45, 7) is 0. The number of hydrogen-bond donors (Lipinski definition) is 1. The summed E-state index contributed by atoms with van der Waals surface area (Å²) in [5, 5.41) is 12.2. The van der Waals surface area contributed by atoms with Gasteiger partial charge in [-0.05, 0) is 17.7 Å². The lowest BCUT2D eigenvalue weighted by molar-refractivity contribution is -0.162. The zero-order valence-corrected chi connectivity index (χ0v) is 19.4. The van der Waals surface area contributed by atoms with Gasteiger partial charge in [0.1, 0.15) is 17.4 Å². The van der Waals surface area contributed by atoms with Crippen molar-refractivity contribution in [3.05, 3.63) is 88.2 Å². The molecule has 4 atom stereocenters. The summed E-state index contributed by atoms with van der Waals surface area (Å²) < 4.78 is 17.8. The standard InChI is InChI=1S/C25H20BrNO6/c1-31-17-12-27-13-18-20(17)24(30)21(22(28)32-2)19(14-6-4-3-5-7-14)25(33-18,23(24)29)15-8-10-16(26)11-9-15/h3-13,19,21,30H,1-2H3/t19-,21-,24-,25-/m0/s1. The molecule has 1 fully saturated rings. The van der Waals surface area contributed by atoms with Crippen LogP contribution in [0.5, 0.6) is 11.5 Å². The largest absolute Gasteiger partial charge is 0.495 e. The van der Waals surface area contributed by atoms with Gasteiger partial charge in [0.15, 0.2) is 5.60 Å². The molecule has 5 rings (SSSR count). The fourth-order valence-corrected chi connectivity index (χ4v) is 5.48. The van der Waals surface area contributed by atoms with E-state index in [4.69, 9.17) is 14.2 Å². The normalized spacial score (nSPS) is 27.5. The second-order valence-electron chi connectivity index (χ2n) is 8.04. The van der Waals surface area contributed by atoms with Crippen molar-refractivity contribution >= 4 is 27.7 Å². The van der Waals surface area contributed by atoms with Crippen LogP contribution in [0.1, 0.15) is 22.6 Å². The lowest BCUT2D eigenvalue weighted by atomic mass is 9.75. The summed E-state index contributed by atoms with van der Waals surface area (Å²) in [5.74, 6) is -3.24. The van der Waals surface area contributed by atoms with E-state index in [0.29, 0.717) is 11.1 Å². The van der Waals surface area contributed by atoms with Crippen molar-refractivity contribution < 1.29 is 28.9 Å². The van der Waals surface area contributed by atoms with E-state index in [-0.39, 0.29) is 17.1 Å². The van der Waals surface area contributed by atoms with Crippen molar-refractivity contribution in [2.45, 2.75) is 17.1 Å². The van der Waals surface area contributed by atoms with Crippen molar-refractivity contribution in [1.82, 2.24) is 4.98 Å². The quantitative estimate of drug-likeness (QED) is 0.537. The summed E-state index contributed by atoms with van der Waals surface area (Å²) in [6, 6.07) is 16.1. The molecule has 3 aromatic rings. The minimum atomic E-state index is -2.26. The number of hydrogen-bond acceptors (Lipinski definition) is 7. The molecule has 8 heteroatoms. The summed E-state index contributed by atoms with van der Waals surface area (Å²) in [6.07, 6.45) is 2.80. The molecule has 1 saturated carbocycles. The molecular weight excluding hydrogens is 490 g/mol. The van der Waals surface area contributed by atoms with Crippen molar-refractivity contribution in [2.24, 2.45) is 5.92 Å². The molecule has 0 spiro atoms. The number of esters is 1. The number of pyridine rings is 1. The number of aromatic nitrogens is 1. The third-order valence-electron chi connectivity index (χ3n) is 6.54. The van der Waals surface area contributed by atoms with Gasteiger partial charge >= 0.3 is 5.97 Å². The fourth-order valence-electron chi connectivity index (χ4n) is 5.21. The molecule has 0 radical (unpaired) electrons. The summed E-state index contributed by atoms with van der Waals surface area (Å²) >= 11 is 3.42. The zero-order valence-electron chi connectivity index (χ0n) is 17.8. The minimum Gasteiger partial charge on any atom is -0.495 e. The molecular formula is C25H20BrNO6. The molecule has 2 aromatic carbocycles. The SMILES string of the molecule is COC(=O)[C@@H]1[C@H](c2ccccc2)[C@]2(c3ccc(Br)cc3)Oc3cncc(OC)c3[C@@]1(O)C2=O. The molecule has 168 valence electrons. The van der Waals surface area contributed by atoms with Crippen molar-refractivity contribution in [1.29, 1.82) is 0 Å². The maximum atomic E-state index is 14.3. The van der Waals surface area contributed by atoms with Crippen molar-refractivity contribution in [3.8, 4) is 11.5 Å². The maximum Gasteiger partial charge on any atom is 0.313 e. The van der Waals surface area contributed by atoms with Crippen LogP contribution in [0.4, 0.5) is 0 Å². The first-order chi connectivity index (χ1) is 15.9. The maximum absolute atomic E-state index is 14.3. The number of rotatable bonds is 4. The fraction of sp³-hybridized carbons (Fsp3) is 0.240. The Morgan fingerprint density at radius 1 is 1.09 bits per heavy atom. The number of carbonyl (C=O) groups is 2. The van der Waals surface area contributed by atoms with Gasteiger partial charge in [0.05, 0.1) is 38.1 Å². The van der Waals surface area contributed by atoms with Gasteiger partial charge in [-0.1, -0.05) is 58.4 Å². The topological polar surface area (TPSA) is 95.0 Å². The number of carbonyl (C=O) groups excluding carboxylic acids is 2. The highest BCUT2D eigenvalue weighted by Gasteiger charge is 2.77. The van der Waals surface area contributed by atoms with Crippen LogP contribution in [-0.2, 0) is 25.5 Å². The summed E-state index contributed by atoms with van der Waals surface area (Å²) in [4.78, 5) is 31.7. The van der Waals surface area contributed by atoms with Gasteiger partial charge in [-0.2, -0.15) is 0 Å². The number of Topliss-reactive ketones (excluding diaryl/α,β-unsaturated/α-hetero) is 1. The number of methoxy groups -OCH3 is 2. The highest BCUT2D eigenvalue weighted by atomic mass is 79.9. The zero-order chi connectivity index (χ0) is 23.4. The Morgan fingerprint density at radius 3 is 2.42 bits per heavy atom. The van der Waals surface area contributed by atoms with E-state index in [9.17, 15) is 14.7 Å². The van der Waals surface area contributed by atoms with Crippen molar-refractivity contribution in [2.75, 3.05) is 14.2 Å². The number of fused-ring (bicyclic) bond motifs is 4. The highest BCUT2D eigenvalue weighted by Crippen LogP contribution is 2.65. The van der Waals surface area contributed by atoms with Crippen LogP contribution in [-0.4, -0.2) is 36.1 Å². The van der Waals surface area contributed by atoms with E-state index in [1.807, 2.05) is 30.3 Å². The summed E-state index contributed by atoms with van der Waals surface area (Å²) in [7, 11) is 2.64. The highest BCUT2D eigenvalue weighted by molar-refractivity contribution is 9.10. The van der Waals surface area contributed by atoms with Crippen LogP contribution in [0, 0.1) is 5.92 Å². The molecule has 1 N–H and O–H groups in total. The molecule has 1 aliphatic heterocycles. The Labute approximate surface area is 198 Å². The van der Waals surface area contributed by atoms with Gasteiger partial charge in [-0.3, -0.25) is 14.6 Å². The molecule has 2 aliphatic rings. The van der Waals surface area contributed by atoms with Gasteiger partial charge in [0, 0.05) is 10.0 Å². The van der Waals surface area contributed by atoms with Crippen LogP contribution >= 0.6 is 15.9 Å². The predicted molar refractivity (Wildman–Crippen MR) is 121 cm³/mol. The van der Waals surface area contributed by atoms with Gasteiger partial charge in [0.25, 0.3) is 0 Å². The Morgan fingerprint density at radius 2 is 1.79 bits per heavy atom. The van der Waals surface area contributed by atoms with E-state index in [1.54, 1.807) is 24.3 Å². The van der Waals surface area contributed by atoms with E-state index >= 15 is 0 Å². The van der Waals surface area contributed by atoms with Crippen LogP contribution in [0.15, 0.2) is 71.5 Å². The number of benzene rings is 2. The monoisotopic (exact) mass is 509 g/mol. The van der Waals surface area contributed by atoms with Gasteiger partial charge in [-0.15, -0.1) is 0 Å². The van der Waals surface area contributed by atoms with Gasteiger partial charge in [0.2, 0.25) is 11.4 Å². The Bertz CT molecular complexity index is 1250. The van der Waals surface area contributed by atoms with Gasteiger partial charge in [-0.25, -0.2) is 0 Å². The van der Waals surface area contributed by atoms with Gasteiger partial charge < -0.3 is 19.3 Å². The Hall–Kier alpha value is -3.23. The summed E-state index contributed by atoms with van der Waals surface area (Å²) in [5.41, 5.74) is -2.73. The predicted octanol–water partition coefficient (Wildman–Crippen LogP) is 3.48. The third-order valence-corrected chi connectivity index (χ3v) is 7.07. The van der Waals surface area contributed by atoms with Crippen LogP contribution in [0.2, 0.25) is 0 Å². The Balaban J connectivity index is 1.91. The van der Waals surface area contributed by atoms with E-state index in [0.717, 1.165) is 4.47 Å². The first-order valence-electron chi connectivity index (χ1n) is 10.3. The average molecular weight is 510 g/mol. The average Bonchev–Trinajstić information content (AvgIpc) is 2.96. The van der Waals surface area contributed by atoms with Crippen LogP contribution < -0.4 is 9.47 Å². The van der Waals surface area contributed by atoms with Crippen molar-refractivity contribution in [3.63, 3.8) is 0 Å². The second-order valence-corrected chi connectivity index (χ2v) is 8.96. The van der Waals surface area contributed by atoms with E-state index in [2.05, 4.69) is 20.9 Å². The molecule has 0 amide bonds. The lowest BCUT2D eigenvalue weighted by Gasteiger charge is -2.39. The number of ether oxygens (including phenoxy) is 3. The third kappa shape index (κ3) is 2.80. The molecule has 1 aromatic heterocycles. The minimum absolute atomic E-state index is 0.0755.